The molecule has 2 spiro atoms. The number of rotatable bonds is 9. The lowest BCUT2D eigenvalue weighted by atomic mass is 9.47. The second-order valence-electron chi connectivity index (χ2n) is 11.8. The van der Waals surface area contributed by atoms with E-state index in [9.17, 15) is 9.59 Å². The maximum absolute atomic E-state index is 13.6. The smallest absolute Gasteiger partial charge is 0.315 e. The molecule has 0 atom stereocenters. The van der Waals surface area contributed by atoms with Gasteiger partial charge in [0.15, 0.2) is 5.82 Å². The van der Waals surface area contributed by atoms with Gasteiger partial charge in [0.1, 0.15) is 6.73 Å². The number of nitrogens with one attached hydrogen (secondary N) is 2. The number of ether oxygens (including phenoxy) is 1. The first-order valence-electron chi connectivity index (χ1n) is 12.9. The van der Waals surface area contributed by atoms with Crippen molar-refractivity contribution in [3.05, 3.63) is 18.1 Å². The summed E-state index contributed by atoms with van der Waals surface area (Å²) in [4.78, 5) is 36.6. The molecular formula is C25H41N5O3Si. The molecule has 2 fully saturated rings. The number of unbranched alkanes of at least 4 members (excludes halogenated alkanes) is 1. The first-order valence-corrected chi connectivity index (χ1v) is 16.6. The van der Waals surface area contributed by atoms with Gasteiger partial charge in [0, 0.05) is 39.7 Å². The van der Waals surface area contributed by atoms with Crippen molar-refractivity contribution < 1.29 is 14.3 Å². The van der Waals surface area contributed by atoms with Gasteiger partial charge < -0.3 is 15.4 Å². The van der Waals surface area contributed by atoms with Crippen molar-refractivity contribution >= 4 is 25.8 Å². The van der Waals surface area contributed by atoms with Gasteiger partial charge >= 0.3 is 6.03 Å². The zero-order chi connectivity index (χ0) is 24.4. The maximum Gasteiger partial charge on any atom is 0.315 e. The summed E-state index contributed by atoms with van der Waals surface area (Å²) in [5, 5.41) is 6.08. The highest BCUT2D eigenvalue weighted by Crippen LogP contribution is 2.65. The molecule has 1 aromatic rings. The summed E-state index contributed by atoms with van der Waals surface area (Å²) in [6.07, 6.45) is 11.1. The third-order valence-corrected chi connectivity index (χ3v) is 9.51. The van der Waals surface area contributed by atoms with Gasteiger partial charge in [-0.05, 0) is 56.4 Å². The molecule has 0 radical (unpaired) electrons. The number of aromatic nitrogens is 2. The van der Waals surface area contributed by atoms with E-state index in [0.29, 0.717) is 12.4 Å². The quantitative estimate of drug-likeness (QED) is 0.402. The summed E-state index contributed by atoms with van der Waals surface area (Å²) >= 11 is 0. The Bertz CT molecular complexity index is 887. The largest absolute Gasteiger partial charge is 0.361 e. The van der Waals surface area contributed by atoms with Crippen molar-refractivity contribution in [3.8, 4) is 0 Å². The summed E-state index contributed by atoms with van der Waals surface area (Å²) in [5.41, 5.74) is 0.439. The number of amides is 3. The second-order valence-corrected chi connectivity index (χ2v) is 17.4. The van der Waals surface area contributed by atoms with E-state index >= 15 is 0 Å². The fourth-order valence-electron chi connectivity index (χ4n) is 5.87. The Morgan fingerprint density at radius 1 is 1.21 bits per heavy atom. The molecule has 9 heteroatoms. The number of hydrogen-bond donors (Lipinski definition) is 2. The van der Waals surface area contributed by atoms with Crippen LogP contribution in [-0.4, -0.2) is 55.9 Å². The van der Waals surface area contributed by atoms with Gasteiger partial charge in [-0.15, -0.1) is 0 Å². The standard InChI is InChI=1S/C25H41N5O3Si/c1-5-6-11-28-23(32)29-19-7-9-24(10-8-19)16-25(17-24)20-21(27-13-12-26-20)30(22(25)31)18-33-14-15-34(2,3)4/h12-13,19H,5-11,14-18H2,1-4H3,(H2,28,29,32). The van der Waals surface area contributed by atoms with Gasteiger partial charge in [-0.2, -0.15) is 0 Å². The Balaban J connectivity index is 1.33. The van der Waals surface area contributed by atoms with Gasteiger partial charge in [0.25, 0.3) is 0 Å². The molecule has 2 aliphatic carbocycles. The van der Waals surface area contributed by atoms with Crippen LogP contribution in [0.15, 0.2) is 12.4 Å². The van der Waals surface area contributed by atoms with E-state index in [4.69, 9.17) is 4.74 Å². The molecule has 3 amide bonds. The highest BCUT2D eigenvalue weighted by atomic mass is 28.3. The molecule has 34 heavy (non-hydrogen) atoms. The third kappa shape index (κ3) is 5.15. The molecule has 0 unspecified atom stereocenters. The van der Waals surface area contributed by atoms with Gasteiger partial charge in [-0.3, -0.25) is 14.7 Å². The van der Waals surface area contributed by atoms with Crippen molar-refractivity contribution in [3.63, 3.8) is 0 Å². The Hall–Kier alpha value is -2.00. The van der Waals surface area contributed by atoms with E-state index in [-0.39, 0.29) is 30.1 Å². The average molecular weight is 488 g/mol. The minimum absolute atomic E-state index is 0.0561. The fraction of sp³-hybridized carbons (Fsp3) is 0.760. The topological polar surface area (TPSA) is 96.5 Å². The number of anilines is 1. The lowest BCUT2D eigenvalue weighted by Crippen LogP contribution is -2.58. The van der Waals surface area contributed by atoms with Crippen molar-refractivity contribution in [2.24, 2.45) is 5.41 Å². The summed E-state index contributed by atoms with van der Waals surface area (Å²) in [5.74, 6) is 0.775. The normalized spacial score (nSPS) is 28.2. The number of fused-ring (bicyclic) bond motifs is 2. The number of carbonyl (C=O) groups excluding carboxylic acids is 2. The van der Waals surface area contributed by atoms with Crippen LogP contribution in [0.5, 0.6) is 0 Å². The number of urea groups is 1. The van der Waals surface area contributed by atoms with E-state index in [1.807, 2.05) is 0 Å². The molecular weight excluding hydrogens is 446 g/mol. The van der Waals surface area contributed by atoms with Crippen molar-refractivity contribution in [2.75, 3.05) is 24.8 Å². The maximum atomic E-state index is 13.6. The van der Waals surface area contributed by atoms with Gasteiger partial charge in [-0.1, -0.05) is 33.0 Å². The molecule has 2 heterocycles. The van der Waals surface area contributed by atoms with Crippen molar-refractivity contribution in [2.45, 2.75) is 95.4 Å². The van der Waals surface area contributed by atoms with Crippen molar-refractivity contribution in [1.82, 2.24) is 20.6 Å². The minimum atomic E-state index is -1.18. The molecule has 0 saturated heterocycles. The average Bonchev–Trinajstić information content (AvgIpc) is 3.00. The van der Waals surface area contributed by atoms with Crippen LogP contribution < -0.4 is 15.5 Å². The summed E-state index contributed by atoms with van der Waals surface area (Å²) in [7, 11) is -1.18. The molecule has 0 aromatic carbocycles. The zero-order valence-corrected chi connectivity index (χ0v) is 22.3. The van der Waals surface area contributed by atoms with Crippen LogP contribution in [0.25, 0.3) is 0 Å². The Morgan fingerprint density at radius 2 is 1.91 bits per heavy atom. The van der Waals surface area contributed by atoms with E-state index < -0.39 is 13.5 Å². The SMILES string of the molecule is CCCCNC(=O)NC1CCC2(CC1)CC1(C2)C(=O)N(COCC[Si](C)(C)C)c2nccnc21. The van der Waals surface area contributed by atoms with Crippen LogP contribution in [0.3, 0.4) is 0 Å². The van der Waals surface area contributed by atoms with E-state index in [1.54, 1.807) is 17.3 Å². The lowest BCUT2D eigenvalue weighted by molar-refractivity contribution is -0.135. The molecule has 2 saturated carbocycles. The minimum Gasteiger partial charge on any atom is -0.361 e. The van der Waals surface area contributed by atoms with Gasteiger partial charge in [0.05, 0.1) is 11.1 Å². The first kappa shape index (κ1) is 25.1. The van der Waals surface area contributed by atoms with Crippen LogP contribution >= 0.6 is 0 Å². The predicted octanol–water partition coefficient (Wildman–Crippen LogP) is 4.20. The summed E-state index contributed by atoms with van der Waals surface area (Å²) in [6.45, 7) is 10.7. The second kappa shape index (κ2) is 9.93. The number of carbonyl (C=O) groups is 2. The number of nitrogens with zero attached hydrogens (tertiary/aromatic N) is 3. The van der Waals surface area contributed by atoms with Crippen molar-refractivity contribution in [1.29, 1.82) is 0 Å². The Kier molecular flexibility index (Phi) is 7.33. The summed E-state index contributed by atoms with van der Waals surface area (Å²) < 4.78 is 5.93. The van der Waals surface area contributed by atoms with Crippen LogP contribution in [-0.2, 0) is 14.9 Å². The monoisotopic (exact) mass is 487 g/mol. The van der Waals surface area contributed by atoms with E-state index in [0.717, 1.165) is 69.6 Å². The van der Waals surface area contributed by atoms with E-state index in [2.05, 4.69) is 47.2 Å². The highest BCUT2D eigenvalue weighted by molar-refractivity contribution is 6.76. The van der Waals surface area contributed by atoms with Crippen LogP contribution in [0, 0.1) is 5.41 Å². The Morgan fingerprint density at radius 3 is 2.59 bits per heavy atom. The van der Waals surface area contributed by atoms with Crippen LogP contribution in [0.4, 0.5) is 10.6 Å². The van der Waals surface area contributed by atoms with Crippen LogP contribution in [0.1, 0.15) is 64.0 Å². The molecule has 2 N–H and O–H groups in total. The summed E-state index contributed by atoms with van der Waals surface area (Å²) in [6, 6.07) is 1.23. The predicted molar refractivity (Wildman–Crippen MR) is 136 cm³/mol. The lowest BCUT2D eigenvalue weighted by Gasteiger charge is -2.56. The van der Waals surface area contributed by atoms with E-state index in [1.165, 1.54) is 0 Å². The highest BCUT2D eigenvalue weighted by Gasteiger charge is 2.65. The molecule has 0 bridgehead atoms. The number of hydrogen-bond acceptors (Lipinski definition) is 5. The van der Waals surface area contributed by atoms with Gasteiger partial charge in [-0.25, -0.2) is 9.78 Å². The van der Waals surface area contributed by atoms with Gasteiger partial charge in [0.2, 0.25) is 5.91 Å². The molecule has 1 aliphatic heterocycles. The molecule has 3 aliphatic rings. The van der Waals surface area contributed by atoms with Crippen LogP contribution in [0.2, 0.25) is 25.7 Å². The third-order valence-electron chi connectivity index (χ3n) is 7.81. The molecule has 1 aromatic heterocycles. The fourth-order valence-corrected chi connectivity index (χ4v) is 6.62. The Labute approximate surface area is 204 Å². The molecule has 188 valence electrons. The first-order chi connectivity index (χ1) is 16.2. The molecule has 8 nitrogen and oxygen atoms in total. The molecule has 4 rings (SSSR count). The zero-order valence-electron chi connectivity index (χ0n) is 21.3.